The molecule has 112 valence electrons. The number of nitriles is 1. The standard InChI is InChI=1S/C17H23N3O/c1-13-6-8-14(9-7-13)17(21)20-11-10-19-16-5-3-2-4-15(16)12-18/h6-9,15-16,19H,2-5,10-11H2,1H3,(H,20,21). The molecule has 4 nitrogen and oxygen atoms in total. The lowest BCUT2D eigenvalue weighted by Crippen LogP contribution is -2.42. The summed E-state index contributed by atoms with van der Waals surface area (Å²) in [5, 5.41) is 15.4. The summed E-state index contributed by atoms with van der Waals surface area (Å²) >= 11 is 0. The number of hydrogen-bond acceptors (Lipinski definition) is 3. The molecule has 2 rings (SSSR count). The largest absolute Gasteiger partial charge is 0.351 e. The third-order valence-electron chi connectivity index (χ3n) is 4.06. The van der Waals surface area contributed by atoms with Crippen molar-refractivity contribution in [2.75, 3.05) is 13.1 Å². The Hall–Kier alpha value is -1.86. The molecule has 0 heterocycles. The molecule has 0 radical (unpaired) electrons. The fraction of sp³-hybridized carbons (Fsp3) is 0.529. The molecule has 1 aliphatic carbocycles. The minimum absolute atomic E-state index is 0.0442. The number of hydrogen-bond donors (Lipinski definition) is 2. The first-order valence-electron chi connectivity index (χ1n) is 7.68. The molecule has 0 aromatic heterocycles. The Balaban J connectivity index is 1.70. The van der Waals surface area contributed by atoms with Crippen molar-refractivity contribution in [1.29, 1.82) is 5.26 Å². The summed E-state index contributed by atoms with van der Waals surface area (Å²) in [4.78, 5) is 11.9. The van der Waals surface area contributed by atoms with Gasteiger partial charge in [-0.3, -0.25) is 4.79 Å². The second-order valence-corrected chi connectivity index (χ2v) is 5.70. The average molecular weight is 285 g/mol. The minimum atomic E-state index is -0.0442. The SMILES string of the molecule is Cc1ccc(C(=O)NCCNC2CCCCC2C#N)cc1. The second-order valence-electron chi connectivity index (χ2n) is 5.70. The zero-order valence-electron chi connectivity index (χ0n) is 12.6. The van der Waals surface area contributed by atoms with Crippen LogP contribution in [0.5, 0.6) is 0 Å². The highest BCUT2D eigenvalue weighted by Crippen LogP contribution is 2.23. The minimum Gasteiger partial charge on any atom is -0.351 e. The summed E-state index contributed by atoms with van der Waals surface area (Å²) in [5.74, 6) is 0.0730. The van der Waals surface area contributed by atoms with Crippen LogP contribution in [0.1, 0.15) is 41.6 Å². The van der Waals surface area contributed by atoms with Crippen molar-refractivity contribution >= 4 is 5.91 Å². The lowest BCUT2D eigenvalue weighted by molar-refractivity contribution is 0.0953. The van der Waals surface area contributed by atoms with Gasteiger partial charge in [0.1, 0.15) is 0 Å². The van der Waals surface area contributed by atoms with Crippen molar-refractivity contribution in [3.05, 3.63) is 35.4 Å². The molecular weight excluding hydrogens is 262 g/mol. The van der Waals surface area contributed by atoms with Crippen LogP contribution in [0.3, 0.4) is 0 Å². The molecule has 2 atom stereocenters. The smallest absolute Gasteiger partial charge is 0.251 e. The molecule has 2 unspecified atom stereocenters. The fourth-order valence-electron chi connectivity index (χ4n) is 2.77. The topological polar surface area (TPSA) is 64.9 Å². The highest BCUT2D eigenvalue weighted by Gasteiger charge is 2.23. The van der Waals surface area contributed by atoms with Crippen LogP contribution >= 0.6 is 0 Å². The van der Waals surface area contributed by atoms with Gasteiger partial charge in [0.05, 0.1) is 12.0 Å². The summed E-state index contributed by atoms with van der Waals surface area (Å²) in [7, 11) is 0. The van der Waals surface area contributed by atoms with E-state index in [0.717, 1.165) is 24.8 Å². The van der Waals surface area contributed by atoms with Gasteiger partial charge >= 0.3 is 0 Å². The highest BCUT2D eigenvalue weighted by atomic mass is 16.1. The van der Waals surface area contributed by atoms with Crippen molar-refractivity contribution in [3.8, 4) is 6.07 Å². The van der Waals surface area contributed by atoms with Gasteiger partial charge in [0, 0.05) is 24.7 Å². The van der Waals surface area contributed by atoms with Crippen molar-refractivity contribution < 1.29 is 4.79 Å². The number of carbonyl (C=O) groups excluding carboxylic acids is 1. The molecule has 2 N–H and O–H groups in total. The van der Waals surface area contributed by atoms with Gasteiger partial charge in [-0.05, 0) is 31.9 Å². The lowest BCUT2D eigenvalue weighted by atomic mass is 9.85. The number of rotatable bonds is 5. The number of benzene rings is 1. The van der Waals surface area contributed by atoms with Crippen LogP contribution in [0.25, 0.3) is 0 Å². The first-order chi connectivity index (χ1) is 10.2. The average Bonchev–Trinajstić information content (AvgIpc) is 2.52. The molecule has 0 saturated heterocycles. The zero-order chi connectivity index (χ0) is 15.1. The molecule has 1 fully saturated rings. The lowest BCUT2D eigenvalue weighted by Gasteiger charge is -2.27. The van der Waals surface area contributed by atoms with Gasteiger partial charge in [-0.15, -0.1) is 0 Å². The Morgan fingerprint density at radius 3 is 2.67 bits per heavy atom. The Bertz CT molecular complexity index is 504. The normalized spacial score (nSPS) is 21.5. The van der Waals surface area contributed by atoms with Gasteiger partial charge in [0.25, 0.3) is 5.91 Å². The van der Waals surface area contributed by atoms with Crippen LogP contribution in [0.15, 0.2) is 24.3 Å². The number of nitrogens with zero attached hydrogens (tertiary/aromatic N) is 1. The van der Waals surface area contributed by atoms with Crippen LogP contribution in [0.2, 0.25) is 0 Å². The number of amides is 1. The first-order valence-corrected chi connectivity index (χ1v) is 7.68. The van der Waals surface area contributed by atoms with E-state index in [2.05, 4.69) is 16.7 Å². The van der Waals surface area contributed by atoms with Gasteiger partial charge in [-0.2, -0.15) is 5.26 Å². The Kier molecular flexibility index (Phi) is 5.77. The Morgan fingerprint density at radius 1 is 1.24 bits per heavy atom. The molecule has 0 bridgehead atoms. The molecule has 1 amide bonds. The number of nitrogens with one attached hydrogen (secondary N) is 2. The first kappa shape index (κ1) is 15.5. The molecule has 4 heteroatoms. The van der Waals surface area contributed by atoms with Gasteiger partial charge < -0.3 is 10.6 Å². The molecule has 21 heavy (non-hydrogen) atoms. The highest BCUT2D eigenvalue weighted by molar-refractivity contribution is 5.94. The Labute approximate surface area is 126 Å². The van der Waals surface area contributed by atoms with E-state index in [1.54, 1.807) is 0 Å². The summed E-state index contributed by atoms with van der Waals surface area (Å²) in [6.45, 7) is 3.29. The van der Waals surface area contributed by atoms with Gasteiger partial charge in [0.15, 0.2) is 0 Å². The monoisotopic (exact) mass is 285 g/mol. The maximum Gasteiger partial charge on any atom is 0.251 e. The molecule has 1 saturated carbocycles. The third-order valence-corrected chi connectivity index (χ3v) is 4.06. The summed E-state index contributed by atoms with van der Waals surface area (Å²) in [5.41, 5.74) is 1.83. The predicted octanol–water partition coefficient (Wildman–Crippen LogP) is 2.40. The molecular formula is C17H23N3O. The second kappa shape index (κ2) is 7.80. The maximum absolute atomic E-state index is 11.9. The Morgan fingerprint density at radius 2 is 1.95 bits per heavy atom. The molecule has 1 aromatic carbocycles. The van der Waals surface area contributed by atoms with Crippen LogP contribution in [-0.4, -0.2) is 25.0 Å². The van der Waals surface area contributed by atoms with E-state index in [1.807, 2.05) is 31.2 Å². The van der Waals surface area contributed by atoms with Crippen molar-refractivity contribution in [2.45, 2.75) is 38.6 Å². The van der Waals surface area contributed by atoms with Crippen molar-refractivity contribution in [2.24, 2.45) is 5.92 Å². The molecule has 1 aromatic rings. The number of aryl methyl sites for hydroxylation is 1. The quantitative estimate of drug-likeness (QED) is 0.816. The van der Waals surface area contributed by atoms with Gasteiger partial charge in [-0.25, -0.2) is 0 Å². The summed E-state index contributed by atoms with van der Waals surface area (Å²) in [6, 6.07) is 10.2. The van der Waals surface area contributed by atoms with Crippen LogP contribution in [0.4, 0.5) is 0 Å². The fourth-order valence-corrected chi connectivity index (χ4v) is 2.77. The van der Waals surface area contributed by atoms with Crippen molar-refractivity contribution in [1.82, 2.24) is 10.6 Å². The maximum atomic E-state index is 11.9. The molecule has 0 aliphatic heterocycles. The summed E-state index contributed by atoms with van der Waals surface area (Å²) in [6.07, 6.45) is 4.39. The molecule has 0 spiro atoms. The van der Waals surface area contributed by atoms with E-state index in [1.165, 1.54) is 6.42 Å². The van der Waals surface area contributed by atoms with Crippen molar-refractivity contribution in [3.63, 3.8) is 0 Å². The van der Waals surface area contributed by atoms with Gasteiger partial charge in [0.2, 0.25) is 0 Å². The van der Waals surface area contributed by atoms with E-state index in [-0.39, 0.29) is 17.9 Å². The van der Waals surface area contributed by atoms with E-state index in [9.17, 15) is 4.79 Å². The van der Waals surface area contributed by atoms with Crippen LogP contribution in [-0.2, 0) is 0 Å². The third kappa shape index (κ3) is 4.57. The van der Waals surface area contributed by atoms with Crippen LogP contribution in [0, 0.1) is 24.2 Å². The van der Waals surface area contributed by atoms with E-state index < -0.39 is 0 Å². The van der Waals surface area contributed by atoms with Crippen LogP contribution < -0.4 is 10.6 Å². The summed E-state index contributed by atoms with van der Waals surface area (Å²) < 4.78 is 0. The van der Waals surface area contributed by atoms with E-state index >= 15 is 0 Å². The van der Waals surface area contributed by atoms with E-state index in [4.69, 9.17) is 5.26 Å². The number of carbonyl (C=O) groups is 1. The van der Waals surface area contributed by atoms with Gasteiger partial charge in [-0.1, -0.05) is 30.5 Å². The zero-order valence-corrected chi connectivity index (χ0v) is 12.6. The predicted molar refractivity (Wildman–Crippen MR) is 82.9 cm³/mol. The molecule has 1 aliphatic rings. The van der Waals surface area contributed by atoms with E-state index in [0.29, 0.717) is 18.7 Å².